The molecule has 3 rings (SSSR count). The third-order valence-electron chi connectivity index (χ3n) is 2.60. The van der Waals surface area contributed by atoms with E-state index in [1.807, 2.05) is 22.8 Å². The number of aromatic nitrogens is 2. The molecule has 3 nitrogen and oxygen atoms in total. The molecule has 0 amide bonds. The number of nitrogens with zero attached hydrogens (tertiary/aromatic N) is 2. The van der Waals surface area contributed by atoms with Crippen LogP contribution in [0.2, 0.25) is 0 Å². The summed E-state index contributed by atoms with van der Waals surface area (Å²) in [5.74, 6) is 0. The van der Waals surface area contributed by atoms with Gasteiger partial charge in [-0.2, -0.15) is 0 Å². The third kappa shape index (κ3) is 1.05. The van der Waals surface area contributed by atoms with Gasteiger partial charge in [-0.05, 0) is 31.0 Å². The van der Waals surface area contributed by atoms with Gasteiger partial charge in [0, 0.05) is 23.7 Å². The highest BCUT2D eigenvalue weighted by Gasteiger charge is 2.26. The van der Waals surface area contributed by atoms with Gasteiger partial charge in [0.05, 0.1) is 0 Å². The molecule has 0 aromatic carbocycles. The molecule has 2 heterocycles. The molecule has 2 aromatic heterocycles. The van der Waals surface area contributed by atoms with Crippen molar-refractivity contribution in [3.63, 3.8) is 0 Å². The van der Waals surface area contributed by atoms with Gasteiger partial charge in [0.2, 0.25) is 0 Å². The molecular formula is C11H10N2O. The van der Waals surface area contributed by atoms with E-state index in [2.05, 4.69) is 4.98 Å². The molecule has 1 saturated carbocycles. The average molecular weight is 186 g/mol. The average Bonchev–Trinajstić information content (AvgIpc) is 3.01. The number of rotatable bonds is 1. The van der Waals surface area contributed by atoms with E-state index in [0.29, 0.717) is 6.04 Å². The van der Waals surface area contributed by atoms with Crippen LogP contribution in [0.5, 0.6) is 0 Å². The summed E-state index contributed by atoms with van der Waals surface area (Å²) >= 11 is 0. The summed E-state index contributed by atoms with van der Waals surface area (Å²) in [6.07, 6.45) is 3.95. The Labute approximate surface area is 81.0 Å². The zero-order valence-corrected chi connectivity index (χ0v) is 7.68. The van der Waals surface area contributed by atoms with Gasteiger partial charge in [-0.15, -0.1) is 0 Å². The number of hydrogen-bond donors (Lipinski definition) is 0. The molecule has 70 valence electrons. The van der Waals surface area contributed by atoms with Crippen LogP contribution >= 0.6 is 0 Å². The summed E-state index contributed by atoms with van der Waals surface area (Å²) in [6.45, 7) is 0. The number of fused-ring (bicyclic) bond motifs is 1. The van der Waals surface area contributed by atoms with Crippen molar-refractivity contribution in [3.8, 4) is 0 Å². The lowest BCUT2D eigenvalue weighted by Crippen LogP contribution is -2.18. The lowest BCUT2D eigenvalue weighted by molar-refractivity contribution is 0.730. The summed E-state index contributed by atoms with van der Waals surface area (Å²) in [5, 5.41) is 1.04. The monoisotopic (exact) mass is 186 g/mol. The summed E-state index contributed by atoms with van der Waals surface area (Å²) < 4.78 is 1.81. The van der Waals surface area contributed by atoms with Crippen molar-refractivity contribution in [1.29, 1.82) is 0 Å². The molecule has 1 aliphatic carbocycles. The summed E-state index contributed by atoms with van der Waals surface area (Å²) in [5.41, 5.74) is 0.890. The first kappa shape index (κ1) is 7.74. The van der Waals surface area contributed by atoms with Gasteiger partial charge in [0.1, 0.15) is 5.65 Å². The maximum absolute atomic E-state index is 11.6. The Morgan fingerprint density at radius 2 is 2.14 bits per heavy atom. The molecule has 0 bridgehead atoms. The van der Waals surface area contributed by atoms with Crippen molar-refractivity contribution in [2.24, 2.45) is 0 Å². The highest BCUT2D eigenvalue weighted by atomic mass is 16.1. The Bertz CT molecular complexity index is 540. The minimum atomic E-state index is 0.0682. The molecule has 0 atom stereocenters. The maximum atomic E-state index is 11.6. The zero-order chi connectivity index (χ0) is 9.54. The van der Waals surface area contributed by atoms with Crippen LogP contribution in [0.15, 0.2) is 35.3 Å². The molecule has 1 aliphatic rings. The van der Waals surface area contributed by atoms with E-state index in [-0.39, 0.29) is 5.56 Å². The second kappa shape index (κ2) is 2.67. The van der Waals surface area contributed by atoms with Gasteiger partial charge in [-0.3, -0.25) is 9.36 Å². The van der Waals surface area contributed by atoms with E-state index in [1.165, 1.54) is 0 Å². The van der Waals surface area contributed by atoms with E-state index in [4.69, 9.17) is 0 Å². The van der Waals surface area contributed by atoms with E-state index >= 15 is 0 Å². The first-order chi connectivity index (χ1) is 6.86. The molecule has 2 aromatic rings. The minimum absolute atomic E-state index is 0.0682. The summed E-state index contributed by atoms with van der Waals surface area (Å²) in [7, 11) is 0. The largest absolute Gasteiger partial charge is 0.290 e. The molecular weight excluding hydrogens is 176 g/mol. The van der Waals surface area contributed by atoms with Crippen molar-refractivity contribution in [2.75, 3.05) is 0 Å². The lowest BCUT2D eigenvalue weighted by atomic mass is 10.3. The minimum Gasteiger partial charge on any atom is -0.290 e. The molecule has 0 saturated heterocycles. The van der Waals surface area contributed by atoms with Crippen LogP contribution in [-0.2, 0) is 0 Å². The molecule has 14 heavy (non-hydrogen) atoms. The molecule has 0 aliphatic heterocycles. The van der Waals surface area contributed by atoms with Gasteiger partial charge in [-0.25, -0.2) is 4.98 Å². The quantitative estimate of drug-likeness (QED) is 0.679. The van der Waals surface area contributed by atoms with Crippen LogP contribution in [0.3, 0.4) is 0 Å². The normalized spacial score (nSPS) is 16.0. The molecule has 1 fully saturated rings. The van der Waals surface area contributed by atoms with Gasteiger partial charge >= 0.3 is 0 Å². The SMILES string of the molecule is O=c1ccc2cccnc2n1C1CC1. The van der Waals surface area contributed by atoms with Gasteiger partial charge in [0.15, 0.2) is 0 Å². The van der Waals surface area contributed by atoms with Crippen molar-refractivity contribution in [1.82, 2.24) is 9.55 Å². The summed E-state index contributed by atoms with van der Waals surface area (Å²) in [4.78, 5) is 15.9. The van der Waals surface area contributed by atoms with Crippen molar-refractivity contribution in [3.05, 3.63) is 40.8 Å². The predicted molar refractivity (Wildman–Crippen MR) is 54.3 cm³/mol. The van der Waals surface area contributed by atoms with Crippen molar-refractivity contribution in [2.45, 2.75) is 18.9 Å². The molecule has 0 N–H and O–H groups in total. The summed E-state index contributed by atoms with van der Waals surface area (Å²) in [6, 6.07) is 7.73. The van der Waals surface area contributed by atoms with E-state index < -0.39 is 0 Å². The van der Waals surface area contributed by atoms with E-state index in [1.54, 1.807) is 12.3 Å². The Balaban J connectivity index is 2.42. The lowest BCUT2D eigenvalue weighted by Gasteiger charge is -2.06. The molecule has 0 spiro atoms. The number of hydrogen-bond acceptors (Lipinski definition) is 2. The standard InChI is InChI=1S/C11H10N2O/c14-10-6-3-8-2-1-7-12-11(8)13(10)9-4-5-9/h1-3,6-7,9H,4-5H2. The maximum Gasteiger partial charge on any atom is 0.252 e. The third-order valence-corrected chi connectivity index (χ3v) is 2.60. The Hall–Kier alpha value is -1.64. The van der Waals surface area contributed by atoms with Crippen LogP contribution in [0, 0.1) is 0 Å². The molecule has 0 unspecified atom stereocenters. The van der Waals surface area contributed by atoms with Gasteiger partial charge in [-0.1, -0.05) is 0 Å². The second-order valence-corrected chi connectivity index (χ2v) is 3.69. The Morgan fingerprint density at radius 1 is 1.29 bits per heavy atom. The van der Waals surface area contributed by atoms with Crippen molar-refractivity contribution < 1.29 is 0 Å². The van der Waals surface area contributed by atoms with Crippen LogP contribution < -0.4 is 5.56 Å². The number of pyridine rings is 2. The Morgan fingerprint density at radius 3 is 2.93 bits per heavy atom. The van der Waals surface area contributed by atoms with Crippen LogP contribution in [0.4, 0.5) is 0 Å². The topological polar surface area (TPSA) is 34.9 Å². The van der Waals surface area contributed by atoms with Crippen LogP contribution in [-0.4, -0.2) is 9.55 Å². The highest BCUT2D eigenvalue weighted by molar-refractivity contribution is 5.74. The smallest absolute Gasteiger partial charge is 0.252 e. The molecule has 3 heteroatoms. The predicted octanol–water partition coefficient (Wildman–Crippen LogP) is 1.73. The zero-order valence-electron chi connectivity index (χ0n) is 7.68. The van der Waals surface area contributed by atoms with E-state index in [0.717, 1.165) is 23.9 Å². The fourth-order valence-electron chi connectivity index (χ4n) is 1.77. The second-order valence-electron chi connectivity index (χ2n) is 3.69. The van der Waals surface area contributed by atoms with E-state index in [9.17, 15) is 4.79 Å². The van der Waals surface area contributed by atoms with Crippen LogP contribution in [0.1, 0.15) is 18.9 Å². The molecule has 0 radical (unpaired) electrons. The van der Waals surface area contributed by atoms with Gasteiger partial charge < -0.3 is 0 Å². The van der Waals surface area contributed by atoms with Gasteiger partial charge in [0.25, 0.3) is 5.56 Å². The van der Waals surface area contributed by atoms with Crippen LogP contribution in [0.25, 0.3) is 11.0 Å². The first-order valence-corrected chi connectivity index (χ1v) is 4.82. The Kier molecular flexibility index (Phi) is 1.48. The fourth-order valence-corrected chi connectivity index (χ4v) is 1.77. The first-order valence-electron chi connectivity index (χ1n) is 4.82. The fraction of sp³-hybridized carbons (Fsp3) is 0.273. The van der Waals surface area contributed by atoms with Crippen molar-refractivity contribution >= 4 is 11.0 Å². The highest BCUT2D eigenvalue weighted by Crippen LogP contribution is 2.34.